The number of hydrogen-bond donors (Lipinski definition) is 2. The summed E-state index contributed by atoms with van der Waals surface area (Å²) in [6.07, 6.45) is 2.48. The third-order valence-electron chi connectivity index (χ3n) is 4.16. The molecule has 0 unspecified atom stereocenters. The molecule has 1 fully saturated rings. The standard InChI is InChI=1S/C15H18N6O5/c1-9(22)20-3-5-21(6-4-20)15-18-11(12(23)14(25)19(15)2)13(24)17-10-7-16-26-8-10/h7-8,23H,3-6H2,1-2H3,(H,17,24). The third-order valence-corrected chi connectivity index (χ3v) is 4.16. The van der Waals surface area contributed by atoms with Crippen LogP contribution in [0, 0.1) is 0 Å². The largest absolute Gasteiger partial charge is 0.501 e. The molecule has 2 amide bonds. The van der Waals surface area contributed by atoms with Gasteiger partial charge < -0.3 is 24.7 Å². The number of carbonyl (C=O) groups is 2. The van der Waals surface area contributed by atoms with Crippen LogP contribution >= 0.6 is 0 Å². The van der Waals surface area contributed by atoms with Crippen LogP contribution in [-0.4, -0.2) is 62.7 Å². The fourth-order valence-electron chi connectivity index (χ4n) is 2.70. The van der Waals surface area contributed by atoms with Gasteiger partial charge in [0.15, 0.2) is 5.69 Å². The maximum absolute atomic E-state index is 12.4. The average Bonchev–Trinajstić information content (AvgIpc) is 3.13. The van der Waals surface area contributed by atoms with Crippen LogP contribution in [0.15, 0.2) is 21.8 Å². The summed E-state index contributed by atoms with van der Waals surface area (Å²) >= 11 is 0. The number of aromatic nitrogens is 3. The lowest BCUT2D eigenvalue weighted by molar-refractivity contribution is -0.129. The highest BCUT2D eigenvalue weighted by molar-refractivity contribution is 6.04. The molecular formula is C15H18N6O5. The van der Waals surface area contributed by atoms with Gasteiger partial charge in [-0.3, -0.25) is 19.0 Å². The number of aromatic hydroxyl groups is 1. The van der Waals surface area contributed by atoms with Gasteiger partial charge in [-0.2, -0.15) is 0 Å². The van der Waals surface area contributed by atoms with E-state index in [0.717, 1.165) is 0 Å². The van der Waals surface area contributed by atoms with Crippen molar-refractivity contribution in [2.45, 2.75) is 6.92 Å². The Kier molecular flexibility index (Phi) is 4.61. The molecule has 2 N–H and O–H groups in total. The Bertz CT molecular complexity index is 883. The number of nitrogens with zero attached hydrogens (tertiary/aromatic N) is 5. The van der Waals surface area contributed by atoms with E-state index in [-0.39, 0.29) is 17.5 Å². The summed E-state index contributed by atoms with van der Waals surface area (Å²) < 4.78 is 5.79. The molecule has 138 valence electrons. The van der Waals surface area contributed by atoms with Gasteiger partial charge in [-0.15, -0.1) is 0 Å². The molecule has 0 spiro atoms. The normalized spacial score (nSPS) is 14.4. The van der Waals surface area contributed by atoms with Crippen LogP contribution in [0.2, 0.25) is 0 Å². The molecule has 2 aromatic heterocycles. The predicted octanol–water partition coefficient (Wildman–Crippen LogP) is -0.605. The molecular weight excluding hydrogens is 344 g/mol. The summed E-state index contributed by atoms with van der Waals surface area (Å²) in [4.78, 5) is 43.7. The van der Waals surface area contributed by atoms with Crippen LogP contribution in [0.4, 0.5) is 11.6 Å². The number of amides is 2. The predicted molar refractivity (Wildman–Crippen MR) is 90.1 cm³/mol. The second-order valence-electron chi connectivity index (χ2n) is 5.83. The molecule has 0 radical (unpaired) electrons. The monoisotopic (exact) mass is 362 g/mol. The minimum atomic E-state index is -0.757. The van der Waals surface area contributed by atoms with Crippen LogP contribution < -0.4 is 15.8 Å². The molecule has 26 heavy (non-hydrogen) atoms. The minimum absolute atomic E-state index is 0.0222. The van der Waals surface area contributed by atoms with Gasteiger partial charge in [-0.1, -0.05) is 5.16 Å². The van der Waals surface area contributed by atoms with Gasteiger partial charge >= 0.3 is 0 Å². The first-order valence-corrected chi connectivity index (χ1v) is 7.89. The summed E-state index contributed by atoms with van der Waals surface area (Å²) in [5.74, 6) is -1.28. The van der Waals surface area contributed by atoms with Gasteiger partial charge in [0.05, 0.1) is 6.20 Å². The third kappa shape index (κ3) is 3.23. The van der Waals surface area contributed by atoms with Gasteiger partial charge in [-0.05, 0) is 0 Å². The fourth-order valence-corrected chi connectivity index (χ4v) is 2.70. The lowest BCUT2D eigenvalue weighted by atomic mass is 10.3. The number of piperazine rings is 1. The summed E-state index contributed by atoms with van der Waals surface area (Å²) in [5, 5.41) is 15.9. The summed E-state index contributed by atoms with van der Waals surface area (Å²) in [5.41, 5.74) is -0.855. The van der Waals surface area contributed by atoms with Crippen LogP contribution in [0.25, 0.3) is 0 Å². The molecule has 0 aromatic carbocycles. The Hall–Kier alpha value is -3.37. The van der Waals surface area contributed by atoms with Gasteiger partial charge in [0, 0.05) is 40.2 Å². The Morgan fingerprint density at radius 3 is 2.54 bits per heavy atom. The molecule has 0 aliphatic carbocycles. The number of hydrogen-bond acceptors (Lipinski definition) is 8. The highest BCUT2D eigenvalue weighted by Gasteiger charge is 2.26. The molecule has 1 saturated heterocycles. The van der Waals surface area contributed by atoms with Crippen LogP contribution in [0.3, 0.4) is 0 Å². The van der Waals surface area contributed by atoms with E-state index in [9.17, 15) is 19.5 Å². The van der Waals surface area contributed by atoms with Crippen molar-refractivity contribution in [2.75, 3.05) is 36.4 Å². The summed E-state index contributed by atoms with van der Waals surface area (Å²) in [6, 6.07) is 0. The summed E-state index contributed by atoms with van der Waals surface area (Å²) in [6.45, 7) is 3.37. The van der Waals surface area contributed by atoms with Crippen molar-refractivity contribution in [1.82, 2.24) is 19.6 Å². The summed E-state index contributed by atoms with van der Waals surface area (Å²) in [7, 11) is 1.46. The van der Waals surface area contributed by atoms with Gasteiger partial charge in [0.25, 0.3) is 11.5 Å². The Labute approximate surface area is 147 Å². The molecule has 0 saturated carbocycles. The Morgan fingerprint density at radius 1 is 1.27 bits per heavy atom. The molecule has 11 nitrogen and oxygen atoms in total. The SMILES string of the molecule is CC(=O)N1CCN(c2nc(C(=O)Nc3cnoc3)c(O)c(=O)n2C)CC1. The Balaban J connectivity index is 1.89. The van der Waals surface area contributed by atoms with Crippen LogP contribution in [0.5, 0.6) is 5.75 Å². The van der Waals surface area contributed by atoms with E-state index in [0.29, 0.717) is 26.2 Å². The number of anilines is 2. The second-order valence-corrected chi connectivity index (χ2v) is 5.83. The van der Waals surface area contributed by atoms with E-state index >= 15 is 0 Å². The lowest BCUT2D eigenvalue weighted by Gasteiger charge is -2.35. The molecule has 1 aliphatic rings. The topological polar surface area (TPSA) is 134 Å². The van der Waals surface area contributed by atoms with Crippen molar-refractivity contribution in [1.29, 1.82) is 0 Å². The van der Waals surface area contributed by atoms with Gasteiger partial charge in [0.2, 0.25) is 17.6 Å². The fraction of sp³-hybridized carbons (Fsp3) is 0.400. The molecule has 1 aliphatic heterocycles. The molecule has 0 bridgehead atoms. The first-order valence-electron chi connectivity index (χ1n) is 7.89. The minimum Gasteiger partial charge on any atom is -0.501 e. The van der Waals surface area contributed by atoms with E-state index in [1.807, 2.05) is 0 Å². The molecule has 3 heterocycles. The van der Waals surface area contributed by atoms with E-state index in [1.165, 1.54) is 31.0 Å². The quantitative estimate of drug-likeness (QED) is 0.739. The van der Waals surface area contributed by atoms with Crippen molar-refractivity contribution in [3.05, 3.63) is 28.5 Å². The highest BCUT2D eigenvalue weighted by Crippen LogP contribution is 2.18. The van der Waals surface area contributed by atoms with Crippen molar-refractivity contribution >= 4 is 23.5 Å². The lowest BCUT2D eigenvalue weighted by Crippen LogP contribution is -2.49. The van der Waals surface area contributed by atoms with Crippen LogP contribution in [-0.2, 0) is 11.8 Å². The van der Waals surface area contributed by atoms with E-state index in [1.54, 1.807) is 9.80 Å². The van der Waals surface area contributed by atoms with Crippen LogP contribution in [0.1, 0.15) is 17.4 Å². The van der Waals surface area contributed by atoms with E-state index in [2.05, 4.69) is 20.0 Å². The molecule has 3 rings (SSSR count). The van der Waals surface area contributed by atoms with E-state index < -0.39 is 22.9 Å². The maximum Gasteiger partial charge on any atom is 0.297 e. The van der Waals surface area contributed by atoms with Gasteiger partial charge in [-0.25, -0.2) is 4.98 Å². The van der Waals surface area contributed by atoms with Crippen molar-refractivity contribution in [3.63, 3.8) is 0 Å². The highest BCUT2D eigenvalue weighted by atomic mass is 16.5. The Morgan fingerprint density at radius 2 is 1.96 bits per heavy atom. The molecule has 0 atom stereocenters. The second kappa shape index (κ2) is 6.86. The van der Waals surface area contributed by atoms with E-state index in [4.69, 9.17) is 0 Å². The average molecular weight is 362 g/mol. The number of rotatable bonds is 3. The number of carbonyl (C=O) groups excluding carboxylic acids is 2. The first-order chi connectivity index (χ1) is 12.4. The zero-order valence-corrected chi connectivity index (χ0v) is 14.3. The van der Waals surface area contributed by atoms with Crippen molar-refractivity contribution < 1.29 is 19.2 Å². The molecule has 11 heteroatoms. The number of nitrogens with one attached hydrogen (secondary N) is 1. The van der Waals surface area contributed by atoms with Crippen molar-refractivity contribution in [3.8, 4) is 5.75 Å². The zero-order valence-electron chi connectivity index (χ0n) is 14.3. The smallest absolute Gasteiger partial charge is 0.297 e. The van der Waals surface area contributed by atoms with Crippen molar-refractivity contribution in [2.24, 2.45) is 7.05 Å². The molecule has 2 aromatic rings. The first kappa shape index (κ1) is 17.5. The zero-order chi connectivity index (χ0) is 18.8. The maximum atomic E-state index is 12.4. The van der Waals surface area contributed by atoms with Gasteiger partial charge in [0.1, 0.15) is 12.0 Å².